The molecular weight excluding hydrogens is 346 g/mol. The van der Waals surface area contributed by atoms with E-state index in [0.29, 0.717) is 25.5 Å². The number of benzene rings is 1. The molecule has 1 saturated heterocycles. The third kappa shape index (κ3) is 2.76. The van der Waals surface area contributed by atoms with Crippen molar-refractivity contribution in [1.82, 2.24) is 19.6 Å². The maximum absolute atomic E-state index is 13.2. The van der Waals surface area contributed by atoms with E-state index in [4.69, 9.17) is 0 Å². The van der Waals surface area contributed by atoms with Crippen molar-refractivity contribution in [2.24, 2.45) is 4.99 Å². The lowest BCUT2D eigenvalue weighted by Crippen LogP contribution is -2.64. The summed E-state index contributed by atoms with van der Waals surface area (Å²) in [6.07, 6.45) is 1.94. The highest BCUT2D eigenvalue weighted by molar-refractivity contribution is 6.04. The summed E-state index contributed by atoms with van der Waals surface area (Å²) in [6, 6.07) is 8.93. The average molecular weight is 369 g/mol. The number of carbonyl (C=O) groups is 2. The molecule has 1 N–H and O–H groups in total. The first-order chi connectivity index (χ1) is 13.0. The third-order valence-corrected chi connectivity index (χ3v) is 5.29. The van der Waals surface area contributed by atoms with Gasteiger partial charge in [0, 0.05) is 32.0 Å². The van der Waals surface area contributed by atoms with E-state index in [1.54, 1.807) is 7.05 Å². The number of aliphatic hydroxyl groups is 1. The maximum atomic E-state index is 13.2. The van der Waals surface area contributed by atoms with Gasteiger partial charge in [-0.2, -0.15) is 0 Å². The number of urea groups is 1. The fourth-order valence-electron chi connectivity index (χ4n) is 3.87. The van der Waals surface area contributed by atoms with Gasteiger partial charge in [-0.1, -0.05) is 30.3 Å². The number of β-amino-alcohol motifs (C(OH)–C–C–N with tert-alkyl or cyclic N) is 1. The van der Waals surface area contributed by atoms with E-state index in [1.807, 2.05) is 53.3 Å². The molecule has 3 heterocycles. The number of hydrogen-bond acceptors (Lipinski definition) is 6. The zero-order valence-corrected chi connectivity index (χ0v) is 15.4. The van der Waals surface area contributed by atoms with Crippen LogP contribution in [-0.4, -0.2) is 81.6 Å². The molecule has 3 amide bonds. The molecule has 3 aliphatic rings. The van der Waals surface area contributed by atoms with Crippen molar-refractivity contribution in [2.45, 2.75) is 25.6 Å². The number of carbonyl (C=O) groups excluding carboxylic acids is 2. The molecule has 1 fully saturated rings. The number of amides is 3. The Morgan fingerprint density at radius 2 is 1.85 bits per heavy atom. The molecule has 2 atom stereocenters. The van der Waals surface area contributed by atoms with Crippen molar-refractivity contribution in [3.05, 3.63) is 47.8 Å². The summed E-state index contributed by atoms with van der Waals surface area (Å²) in [7, 11) is 1.68. The Kier molecular flexibility index (Phi) is 4.35. The van der Waals surface area contributed by atoms with Crippen LogP contribution >= 0.6 is 0 Å². The maximum Gasteiger partial charge on any atom is 0.328 e. The average Bonchev–Trinajstić information content (AvgIpc) is 3.17. The Bertz CT molecular complexity index is 822. The highest BCUT2D eigenvalue weighted by Crippen LogP contribution is 2.33. The van der Waals surface area contributed by atoms with Crippen LogP contribution in [0.15, 0.2) is 47.2 Å². The Labute approximate surface area is 158 Å². The van der Waals surface area contributed by atoms with Gasteiger partial charge in [0.1, 0.15) is 0 Å². The van der Waals surface area contributed by atoms with Gasteiger partial charge in [-0.3, -0.25) is 9.69 Å². The molecule has 0 spiro atoms. The van der Waals surface area contributed by atoms with Gasteiger partial charge < -0.3 is 19.8 Å². The molecule has 0 bridgehead atoms. The van der Waals surface area contributed by atoms with E-state index in [-0.39, 0.29) is 18.5 Å². The minimum Gasteiger partial charge on any atom is -0.395 e. The number of likely N-dealkylation sites (N-methyl/N-ethyl adjacent to an activating group) is 1. The van der Waals surface area contributed by atoms with Crippen molar-refractivity contribution in [1.29, 1.82) is 0 Å². The van der Waals surface area contributed by atoms with Crippen LogP contribution in [0.3, 0.4) is 0 Å². The van der Waals surface area contributed by atoms with Crippen LogP contribution in [0.5, 0.6) is 0 Å². The van der Waals surface area contributed by atoms with Crippen LogP contribution in [0.4, 0.5) is 4.79 Å². The van der Waals surface area contributed by atoms with Gasteiger partial charge in [0.15, 0.2) is 12.2 Å². The fraction of sp³-hybridized carbons (Fsp3) is 0.421. The minimum atomic E-state index is -0.558. The van der Waals surface area contributed by atoms with Gasteiger partial charge in [0.2, 0.25) is 5.96 Å². The molecule has 0 radical (unpaired) electrons. The lowest BCUT2D eigenvalue weighted by Gasteiger charge is -2.40. The summed E-state index contributed by atoms with van der Waals surface area (Å²) in [5.74, 6) is 0.391. The van der Waals surface area contributed by atoms with Crippen molar-refractivity contribution >= 4 is 17.9 Å². The number of allylic oxidation sites excluding steroid dienone is 1. The van der Waals surface area contributed by atoms with Crippen LogP contribution in [0.1, 0.15) is 12.5 Å². The molecule has 1 aromatic rings. The molecule has 3 aliphatic heterocycles. The summed E-state index contributed by atoms with van der Waals surface area (Å²) in [5, 5.41) is 9.31. The van der Waals surface area contributed by atoms with Crippen LogP contribution < -0.4 is 0 Å². The summed E-state index contributed by atoms with van der Waals surface area (Å²) in [4.78, 5) is 37.1. The smallest absolute Gasteiger partial charge is 0.328 e. The van der Waals surface area contributed by atoms with Gasteiger partial charge in [-0.05, 0) is 18.9 Å². The second-order valence-corrected chi connectivity index (χ2v) is 6.96. The van der Waals surface area contributed by atoms with E-state index in [2.05, 4.69) is 4.99 Å². The largest absolute Gasteiger partial charge is 0.395 e. The number of guanidine groups is 1. The van der Waals surface area contributed by atoms with Crippen LogP contribution in [0.25, 0.3) is 0 Å². The first-order valence-corrected chi connectivity index (χ1v) is 9.08. The summed E-state index contributed by atoms with van der Waals surface area (Å²) >= 11 is 0. The molecule has 2 unspecified atom stereocenters. The minimum absolute atomic E-state index is 0.0146. The number of imide groups is 1. The predicted octanol–water partition coefficient (Wildman–Crippen LogP) is 0.659. The first-order valence-electron chi connectivity index (χ1n) is 9.08. The first kappa shape index (κ1) is 17.5. The fourth-order valence-corrected chi connectivity index (χ4v) is 3.87. The normalized spacial score (nSPS) is 24.3. The SMILES string of the molecule is CC1=CN2C(=NC3C2C(=O)N(CCc2ccccc2)C(=O)N3C)N1CCO. The van der Waals surface area contributed by atoms with E-state index in [9.17, 15) is 14.7 Å². The quantitative estimate of drug-likeness (QED) is 0.825. The van der Waals surface area contributed by atoms with Crippen LogP contribution in [0, 0.1) is 0 Å². The number of aliphatic imine (C=N–C) groups is 1. The summed E-state index contributed by atoms with van der Waals surface area (Å²) < 4.78 is 0. The van der Waals surface area contributed by atoms with Gasteiger partial charge in [0.25, 0.3) is 5.91 Å². The van der Waals surface area contributed by atoms with Gasteiger partial charge >= 0.3 is 6.03 Å². The molecule has 0 aromatic heterocycles. The predicted molar refractivity (Wildman–Crippen MR) is 99.4 cm³/mol. The van der Waals surface area contributed by atoms with E-state index in [0.717, 1.165) is 11.3 Å². The van der Waals surface area contributed by atoms with Crippen molar-refractivity contribution in [2.75, 3.05) is 26.7 Å². The van der Waals surface area contributed by atoms with E-state index >= 15 is 0 Å². The molecule has 0 aliphatic carbocycles. The third-order valence-electron chi connectivity index (χ3n) is 5.29. The zero-order valence-electron chi connectivity index (χ0n) is 15.4. The zero-order chi connectivity index (χ0) is 19.1. The second-order valence-electron chi connectivity index (χ2n) is 6.96. The monoisotopic (exact) mass is 369 g/mol. The molecule has 0 saturated carbocycles. The molecule has 8 nitrogen and oxygen atoms in total. The van der Waals surface area contributed by atoms with Gasteiger partial charge in [-0.25, -0.2) is 9.79 Å². The molecule has 1 aromatic carbocycles. The number of fused-ring (bicyclic) bond motifs is 3. The highest BCUT2D eigenvalue weighted by Gasteiger charge is 2.53. The molecule has 8 heteroatoms. The van der Waals surface area contributed by atoms with E-state index < -0.39 is 12.2 Å². The standard InChI is InChI=1S/C19H23N5O3/c1-13-12-24-15-16(20-18(24)22(13)10-11-25)21(2)19(27)23(17(15)26)9-8-14-6-4-3-5-7-14/h3-7,12,15-16,25H,8-11H2,1-2H3. The van der Waals surface area contributed by atoms with Crippen molar-refractivity contribution in [3.8, 4) is 0 Å². The Balaban J connectivity index is 1.56. The van der Waals surface area contributed by atoms with Crippen LogP contribution in [0.2, 0.25) is 0 Å². The molecular formula is C19H23N5O3. The van der Waals surface area contributed by atoms with E-state index in [1.165, 1.54) is 9.80 Å². The Hall–Kier alpha value is -2.87. The molecule has 27 heavy (non-hydrogen) atoms. The van der Waals surface area contributed by atoms with Gasteiger partial charge in [0.05, 0.1) is 6.61 Å². The molecule has 4 rings (SSSR count). The molecule has 142 valence electrons. The topological polar surface area (TPSA) is 79.7 Å². The van der Waals surface area contributed by atoms with Crippen molar-refractivity contribution in [3.63, 3.8) is 0 Å². The summed E-state index contributed by atoms with van der Waals surface area (Å²) in [5.41, 5.74) is 2.00. The summed E-state index contributed by atoms with van der Waals surface area (Å²) in [6.45, 7) is 2.64. The number of aliphatic hydroxyl groups excluding tert-OH is 1. The lowest BCUT2D eigenvalue weighted by molar-refractivity contribution is -0.136. The van der Waals surface area contributed by atoms with Crippen LogP contribution in [-0.2, 0) is 11.2 Å². The Morgan fingerprint density at radius 1 is 1.11 bits per heavy atom. The highest BCUT2D eigenvalue weighted by atomic mass is 16.3. The Morgan fingerprint density at radius 3 is 2.56 bits per heavy atom. The van der Waals surface area contributed by atoms with Gasteiger partial charge in [-0.15, -0.1) is 0 Å². The second kappa shape index (κ2) is 6.70. The number of hydrogen-bond donors (Lipinski definition) is 1. The number of rotatable bonds is 5. The lowest BCUT2D eigenvalue weighted by atomic mass is 10.1. The number of nitrogens with zero attached hydrogens (tertiary/aromatic N) is 5. The van der Waals surface area contributed by atoms with Crippen molar-refractivity contribution < 1.29 is 14.7 Å².